The van der Waals surface area contributed by atoms with E-state index < -0.39 is 0 Å². The first-order valence-electron chi connectivity index (χ1n) is 5.80. The van der Waals surface area contributed by atoms with Crippen LogP contribution in [0.3, 0.4) is 0 Å². The molecule has 1 atom stereocenters. The number of carbonyl (C=O) groups is 1. The molecule has 0 aliphatic heterocycles. The van der Waals surface area contributed by atoms with Crippen LogP contribution in [0.4, 0.5) is 5.69 Å². The predicted molar refractivity (Wildman–Crippen MR) is 81.4 cm³/mol. The standard InChI is InChI=1S/C13H14BrN3OS/c1-8(13-16-4-5-19-13)7-17-12(18)9-2-3-11(15)10(14)6-9/h2-6,8H,7,15H2,1H3,(H,17,18). The van der Waals surface area contributed by atoms with Crippen LogP contribution in [0.1, 0.15) is 28.2 Å². The monoisotopic (exact) mass is 339 g/mol. The lowest BCUT2D eigenvalue weighted by molar-refractivity contribution is 0.0951. The molecular weight excluding hydrogens is 326 g/mol. The number of nitrogens with zero attached hydrogens (tertiary/aromatic N) is 1. The fourth-order valence-electron chi connectivity index (χ4n) is 1.58. The number of nitrogens with two attached hydrogens (primary N) is 1. The normalized spacial score (nSPS) is 12.1. The van der Waals surface area contributed by atoms with Crippen molar-refractivity contribution in [2.45, 2.75) is 12.8 Å². The van der Waals surface area contributed by atoms with Gasteiger partial charge in [-0.25, -0.2) is 4.98 Å². The topological polar surface area (TPSA) is 68.0 Å². The van der Waals surface area contributed by atoms with E-state index in [-0.39, 0.29) is 11.8 Å². The third-order valence-electron chi connectivity index (χ3n) is 2.70. The maximum Gasteiger partial charge on any atom is 0.251 e. The maximum absolute atomic E-state index is 12.0. The first-order chi connectivity index (χ1) is 9.08. The van der Waals surface area contributed by atoms with Crippen LogP contribution in [0.25, 0.3) is 0 Å². The zero-order valence-corrected chi connectivity index (χ0v) is 12.8. The van der Waals surface area contributed by atoms with E-state index in [1.807, 2.05) is 12.3 Å². The van der Waals surface area contributed by atoms with Gasteiger partial charge in [0.2, 0.25) is 0 Å². The Morgan fingerprint density at radius 1 is 1.58 bits per heavy atom. The van der Waals surface area contributed by atoms with Gasteiger partial charge in [-0.05, 0) is 34.1 Å². The van der Waals surface area contributed by atoms with Gasteiger partial charge in [0.05, 0.1) is 5.01 Å². The minimum absolute atomic E-state index is 0.107. The van der Waals surface area contributed by atoms with E-state index in [4.69, 9.17) is 5.73 Å². The summed E-state index contributed by atoms with van der Waals surface area (Å²) in [5.41, 5.74) is 6.90. The lowest BCUT2D eigenvalue weighted by atomic mass is 10.1. The van der Waals surface area contributed by atoms with Gasteiger partial charge in [-0.2, -0.15) is 0 Å². The highest BCUT2D eigenvalue weighted by Crippen LogP contribution is 2.21. The third kappa shape index (κ3) is 3.54. The number of hydrogen-bond donors (Lipinski definition) is 2. The number of rotatable bonds is 4. The number of nitrogens with one attached hydrogen (secondary N) is 1. The van der Waals surface area contributed by atoms with Gasteiger partial charge in [0, 0.05) is 39.8 Å². The van der Waals surface area contributed by atoms with E-state index in [2.05, 4.69) is 26.2 Å². The summed E-state index contributed by atoms with van der Waals surface area (Å²) in [6, 6.07) is 5.14. The molecule has 1 heterocycles. The fraction of sp³-hybridized carbons (Fsp3) is 0.231. The van der Waals surface area contributed by atoms with Gasteiger partial charge >= 0.3 is 0 Å². The molecule has 2 aromatic rings. The minimum atomic E-state index is -0.107. The van der Waals surface area contributed by atoms with Crippen LogP contribution < -0.4 is 11.1 Å². The molecule has 0 bridgehead atoms. The van der Waals surface area contributed by atoms with Crippen LogP contribution in [-0.4, -0.2) is 17.4 Å². The zero-order chi connectivity index (χ0) is 13.8. The molecule has 0 saturated carbocycles. The molecule has 2 rings (SSSR count). The number of nitrogen functional groups attached to an aromatic ring is 1. The summed E-state index contributed by atoms with van der Waals surface area (Å²) in [6.45, 7) is 2.60. The molecule has 0 fully saturated rings. The molecule has 0 radical (unpaired) electrons. The first-order valence-corrected chi connectivity index (χ1v) is 7.48. The van der Waals surface area contributed by atoms with Crippen LogP contribution in [0.2, 0.25) is 0 Å². The molecular formula is C13H14BrN3OS. The molecule has 1 aromatic heterocycles. The molecule has 100 valence electrons. The van der Waals surface area contributed by atoms with Gasteiger partial charge < -0.3 is 11.1 Å². The van der Waals surface area contributed by atoms with Crippen molar-refractivity contribution in [1.82, 2.24) is 10.3 Å². The Bertz CT molecular complexity index is 571. The molecule has 1 unspecified atom stereocenters. The average molecular weight is 340 g/mol. The van der Waals surface area contributed by atoms with Gasteiger partial charge in [0.25, 0.3) is 5.91 Å². The van der Waals surface area contributed by atoms with Crippen molar-refractivity contribution in [2.24, 2.45) is 0 Å². The lowest BCUT2D eigenvalue weighted by Crippen LogP contribution is -2.27. The second-order valence-electron chi connectivity index (χ2n) is 4.22. The van der Waals surface area contributed by atoms with Crippen molar-refractivity contribution < 1.29 is 4.79 Å². The third-order valence-corrected chi connectivity index (χ3v) is 4.40. The highest BCUT2D eigenvalue weighted by Gasteiger charge is 2.11. The Balaban J connectivity index is 1.96. The number of hydrogen-bond acceptors (Lipinski definition) is 4. The lowest BCUT2D eigenvalue weighted by Gasteiger charge is -2.10. The number of thiazole rings is 1. The number of benzene rings is 1. The molecule has 0 saturated heterocycles. The molecule has 0 aliphatic carbocycles. The Morgan fingerprint density at radius 2 is 2.37 bits per heavy atom. The average Bonchev–Trinajstić information content (AvgIpc) is 2.92. The molecule has 1 amide bonds. The Kier molecular flexibility index (Phi) is 4.55. The number of amides is 1. The van der Waals surface area contributed by atoms with E-state index >= 15 is 0 Å². The van der Waals surface area contributed by atoms with Gasteiger partial charge in [0.15, 0.2) is 0 Å². The Hall–Kier alpha value is -1.40. The minimum Gasteiger partial charge on any atom is -0.398 e. The summed E-state index contributed by atoms with van der Waals surface area (Å²) in [5.74, 6) is 0.102. The summed E-state index contributed by atoms with van der Waals surface area (Å²) >= 11 is 4.91. The Morgan fingerprint density at radius 3 is 3.00 bits per heavy atom. The van der Waals surface area contributed by atoms with Crippen molar-refractivity contribution in [2.75, 3.05) is 12.3 Å². The number of carbonyl (C=O) groups excluding carboxylic acids is 1. The van der Waals surface area contributed by atoms with Gasteiger partial charge in [-0.15, -0.1) is 11.3 Å². The molecule has 4 nitrogen and oxygen atoms in total. The zero-order valence-electron chi connectivity index (χ0n) is 10.4. The van der Waals surface area contributed by atoms with Crippen molar-refractivity contribution in [3.63, 3.8) is 0 Å². The second-order valence-corrected chi connectivity index (χ2v) is 6.00. The van der Waals surface area contributed by atoms with Crippen molar-refractivity contribution in [3.05, 3.63) is 44.8 Å². The smallest absolute Gasteiger partial charge is 0.251 e. The van der Waals surface area contributed by atoms with Crippen LogP contribution in [0.5, 0.6) is 0 Å². The number of aromatic nitrogens is 1. The summed E-state index contributed by atoms with van der Waals surface area (Å²) in [7, 11) is 0. The fourth-order valence-corrected chi connectivity index (χ4v) is 2.66. The molecule has 6 heteroatoms. The number of halogens is 1. The van der Waals surface area contributed by atoms with Crippen LogP contribution >= 0.6 is 27.3 Å². The quantitative estimate of drug-likeness (QED) is 0.841. The molecule has 0 spiro atoms. The SMILES string of the molecule is CC(CNC(=O)c1ccc(N)c(Br)c1)c1nccs1. The van der Waals surface area contributed by atoms with Crippen LogP contribution in [-0.2, 0) is 0 Å². The summed E-state index contributed by atoms with van der Waals surface area (Å²) in [4.78, 5) is 16.2. The second kappa shape index (κ2) is 6.16. The highest BCUT2D eigenvalue weighted by molar-refractivity contribution is 9.10. The molecule has 19 heavy (non-hydrogen) atoms. The van der Waals surface area contributed by atoms with Crippen molar-refractivity contribution in [3.8, 4) is 0 Å². The van der Waals surface area contributed by atoms with E-state index in [9.17, 15) is 4.79 Å². The molecule has 3 N–H and O–H groups in total. The first kappa shape index (κ1) is 14.0. The van der Waals surface area contributed by atoms with Crippen molar-refractivity contribution >= 4 is 38.9 Å². The summed E-state index contributed by atoms with van der Waals surface area (Å²) in [6.07, 6.45) is 1.77. The van der Waals surface area contributed by atoms with Gasteiger partial charge in [0.1, 0.15) is 0 Å². The Labute approximate surface area is 124 Å². The maximum atomic E-state index is 12.0. The van der Waals surface area contributed by atoms with E-state index in [0.29, 0.717) is 17.8 Å². The van der Waals surface area contributed by atoms with Crippen LogP contribution in [0, 0.1) is 0 Å². The molecule has 1 aromatic carbocycles. The van der Waals surface area contributed by atoms with Gasteiger partial charge in [-0.1, -0.05) is 6.92 Å². The highest BCUT2D eigenvalue weighted by atomic mass is 79.9. The summed E-state index contributed by atoms with van der Waals surface area (Å²) in [5, 5.41) is 5.86. The van der Waals surface area contributed by atoms with Crippen LogP contribution in [0.15, 0.2) is 34.2 Å². The predicted octanol–water partition coefficient (Wildman–Crippen LogP) is 3.02. The van der Waals surface area contributed by atoms with Crippen molar-refractivity contribution in [1.29, 1.82) is 0 Å². The largest absolute Gasteiger partial charge is 0.398 e. The van der Waals surface area contributed by atoms with E-state index in [1.165, 1.54) is 0 Å². The molecule has 0 aliphatic rings. The van der Waals surface area contributed by atoms with E-state index in [0.717, 1.165) is 9.48 Å². The van der Waals surface area contributed by atoms with E-state index in [1.54, 1.807) is 35.7 Å². The van der Waals surface area contributed by atoms with Gasteiger partial charge in [-0.3, -0.25) is 4.79 Å². The number of anilines is 1. The summed E-state index contributed by atoms with van der Waals surface area (Å²) < 4.78 is 0.730.